The van der Waals surface area contributed by atoms with Crippen molar-refractivity contribution in [3.05, 3.63) is 35.9 Å². The normalized spacial score (nSPS) is 34.5. The molecule has 0 radical (unpaired) electrons. The third kappa shape index (κ3) is 3.62. The second-order valence-corrected chi connectivity index (χ2v) is 9.10. The van der Waals surface area contributed by atoms with Crippen LogP contribution in [0.1, 0.15) is 32.4 Å². The number of thiocarbonyl (C=S) groups is 1. The molecule has 0 saturated carbocycles. The highest BCUT2D eigenvalue weighted by atomic mass is 32.1. The predicted molar refractivity (Wildman–Crippen MR) is 115 cm³/mol. The number of nitrogens with zero attached hydrogens (tertiary/aromatic N) is 3. The summed E-state index contributed by atoms with van der Waals surface area (Å²) in [7, 11) is 0. The van der Waals surface area contributed by atoms with Gasteiger partial charge < -0.3 is 15.1 Å². The molecule has 4 aliphatic heterocycles. The van der Waals surface area contributed by atoms with Gasteiger partial charge in [-0.25, -0.2) is 0 Å². The molecular weight excluding hydrogens is 354 g/mol. The molecule has 4 bridgehead atoms. The average Bonchev–Trinajstić information content (AvgIpc) is 2.90. The predicted octanol–water partition coefficient (Wildman–Crippen LogP) is 2.47. The van der Waals surface area contributed by atoms with Gasteiger partial charge in [0.05, 0.1) is 11.8 Å². The standard InChI is InChI=1S/C21H31N5S/c1-15(2)21-13-25-9-10-26(14-21)12-18(11-25)19(21)23-24-20(27)22-16(3)17-7-5-4-6-8-17/h4-8,15-16,18H,9-14H2,1-3H3,(H2,22,24,27)/b23-19-/t16-,18?,21?/m1/s1. The number of piperidine rings is 2. The highest BCUT2D eigenvalue weighted by molar-refractivity contribution is 7.80. The number of rotatable bonds is 4. The van der Waals surface area contributed by atoms with Crippen LogP contribution in [0.25, 0.3) is 0 Å². The van der Waals surface area contributed by atoms with Crippen LogP contribution in [0.3, 0.4) is 0 Å². The third-order valence-corrected chi connectivity index (χ3v) is 6.84. The summed E-state index contributed by atoms with van der Waals surface area (Å²) in [6.07, 6.45) is 0. The lowest BCUT2D eigenvalue weighted by Gasteiger charge is -2.52. The second-order valence-electron chi connectivity index (χ2n) is 8.69. The first-order valence-electron chi connectivity index (χ1n) is 10.1. The molecule has 4 fully saturated rings. The second kappa shape index (κ2) is 7.49. The Bertz CT molecular complexity index is 701. The average molecular weight is 386 g/mol. The first-order chi connectivity index (χ1) is 13.0. The maximum absolute atomic E-state index is 5.54. The highest BCUT2D eigenvalue weighted by Crippen LogP contribution is 2.43. The van der Waals surface area contributed by atoms with Crippen molar-refractivity contribution < 1.29 is 0 Å². The molecule has 4 saturated heterocycles. The zero-order valence-corrected chi connectivity index (χ0v) is 17.4. The summed E-state index contributed by atoms with van der Waals surface area (Å²) in [5.74, 6) is 1.08. The van der Waals surface area contributed by atoms with Gasteiger partial charge in [-0.1, -0.05) is 44.2 Å². The van der Waals surface area contributed by atoms with Crippen LogP contribution in [0, 0.1) is 17.3 Å². The van der Waals surface area contributed by atoms with E-state index in [9.17, 15) is 0 Å². The van der Waals surface area contributed by atoms with Gasteiger partial charge in [-0.3, -0.25) is 5.43 Å². The number of nitrogens with one attached hydrogen (secondary N) is 2. The summed E-state index contributed by atoms with van der Waals surface area (Å²) in [5, 5.41) is 8.88. The monoisotopic (exact) mass is 385 g/mol. The minimum atomic E-state index is 0.144. The van der Waals surface area contributed by atoms with Crippen molar-refractivity contribution in [3.63, 3.8) is 0 Å². The summed E-state index contributed by atoms with van der Waals surface area (Å²) in [6, 6.07) is 10.5. The van der Waals surface area contributed by atoms with E-state index in [-0.39, 0.29) is 11.5 Å². The molecule has 5 nitrogen and oxygen atoms in total. The summed E-state index contributed by atoms with van der Waals surface area (Å²) in [4.78, 5) is 5.29. The minimum Gasteiger partial charge on any atom is -0.355 e. The van der Waals surface area contributed by atoms with E-state index < -0.39 is 0 Å². The molecule has 0 amide bonds. The zero-order chi connectivity index (χ0) is 19.0. The van der Waals surface area contributed by atoms with E-state index in [1.807, 2.05) is 6.07 Å². The van der Waals surface area contributed by atoms with Crippen molar-refractivity contribution in [2.24, 2.45) is 22.4 Å². The molecule has 6 heteroatoms. The molecule has 1 aromatic carbocycles. The zero-order valence-electron chi connectivity index (χ0n) is 16.6. The molecule has 4 aliphatic rings. The SMILES string of the molecule is CC(C)C12CN3CCN(CC(C3)/C1=N/NC(=S)N[C@H](C)c1ccccc1)C2. The van der Waals surface area contributed by atoms with Gasteiger partial charge in [0.2, 0.25) is 0 Å². The number of hydrogen-bond donors (Lipinski definition) is 2. The Morgan fingerprint density at radius 3 is 2.33 bits per heavy atom. The largest absolute Gasteiger partial charge is 0.355 e. The van der Waals surface area contributed by atoms with Crippen LogP contribution in [-0.4, -0.2) is 59.9 Å². The maximum Gasteiger partial charge on any atom is 0.187 e. The molecule has 27 heavy (non-hydrogen) atoms. The quantitative estimate of drug-likeness (QED) is 0.616. The third-order valence-electron chi connectivity index (χ3n) is 6.63. The summed E-state index contributed by atoms with van der Waals surface area (Å²) < 4.78 is 0. The van der Waals surface area contributed by atoms with Gasteiger partial charge in [0.25, 0.3) is 0 Å². The van der Waals surface area contributed by atoms with Crippen molar-refractivity contribution in [2.45, 2.75) is 26.8 Å². The molecule has 4 heterocycles. The fourth-order valence-electron chi connectivity index (χ4n) is 5.05. The molecule has 2 N–H and O–H groups in total. The molecule has 0 aromatic heterocycles. The van der Waals surface area contributed by atoms with Crippen LogP contribution in [0.4, 0.5) is 0 Å². The Morgan fingerprint density at radius 1 is 1.11 bits per heavy atom. The van der Waals surface area contributed by atoms with E-state index in [4.69, 9.17) is 17.3 Å². The lowest BCUT2D eigenvalue weighted by molar-refractivity contribution is 0.0828. The topological polar surface area (TPSA) is 42.9 Å². The van der Waals surface area contributed by atoms with E-state index in [0.717, 1.165) is 26.2 Å². The molecule has 5 rings (SSSR count). The van der Waals surface area contributed by atoms with Gasteiger partial charge in [0, 0.05) is 50.6 Å². The summed E-state index contributed by atoms with van der Waals surface area (Å²) >= 11 is 5.54. The van der Waals surface area contributed by atoms with Gasteiger partial charge in [0.15, 0.2) is 5.11 Å². The van der Waals surface area contributed by atoms with Crippen LogP contribution < -0.4 is 10.7 Å². The van der Waals surface area contributed by atoms with E-state index in [0.29, 0.717) is 16.9 Å². The van der Waals surface area contributed by atoms with Crippen molar-refractivity contribution in [3.8, 4) is 0 Å². The van der Waals surface area contributed by atoms with Crippen molar-refractivity contribution >= 4 is 23.0 Å². The summed E-state index contributed by atoms with van der Waals surface area (Å²) in [5.41, 5.74) is 5.89. The summed E-state index contributed by atoms with van der Waals surface area (Å²) in [6.45, 7) is 13.7. The number of hydrazone groups is 1. The van der Waals surface area contributed by atoms with Crippen LogP contribution in [0.2, 0.25) is 0 Å². The fraction of sp³-hybridized carbons (Fsp3) is 0.619. The van der Waals surface area contributed by atoms with Crippen molar-refractivity contribution in [1.29, 1.82) is 0 Å². The molecule has 1 aromatic rings. The Balaban J connectivity index is 1.48. The molecule has 0 aliphatic carbocycles. The molecule has 0 spiro atoms. The van der Waals surface area contributed by atoms with E-state index >= 15 is 0 Å². The lowest BCUT2D eigenvalue weighted by Crippen LogP contribution is -2.63. The minimum absolute atomic E-state index is 0.144. The first-order valence-corrected chi connectivity index (χ1v) is 10.5. The smallest absolute Gasteiger partial charge is 0.187 e. The molecule has 146 valence electrons. The van der Waals surface area contributed by atoms with Crippen molar-refractivity contribution in [1.82, 2.24) is 20.5 Å². The fourth-order valence-corrected chi connectivity index (χ4v) is 5.27. The lowest BCUT2D eigenvalue weighted by atomic mass is 9.64. The van der Waals surface area contributed by atoms with Crippen molar-refractivity contribution in [2.75, 3.05) is 39.3 Å². The number of hydrogen-bond acceptors (Lipinski definition) is 4. The maximum atomic E-state index is 5.54. The van der Waals surface area contributed by atoms with Gasteiger partial charge in [-0.2, -0.15) is 5.10 Å². The molecule has 3 atom stereocenters. The van der Waals surface area contributed by atoms with Crippen LogP contribution in [0.15, 0.2) is 35.4 Å². The van der Waals surface area contributed by atoms with Gasteiger partial charge in [-0.05, 0) is 30.6 Å². The Labute approximate surface area is 168 Å². The van der Waals surface area contributed by atoms with E-state index in [2.05, 4.69) is 65.6 Å². The number of fused-ring (bicyclic) bond motifs is 1. The first kappa shape index (κ1) is 18.8. The Morgan fingerprint density at radius 2 is 1.74 bits per heavy atom. The van der Waals surface area contributed by atoms with E-state index in [1.54, 1.807) is 0 Å². The number of benzene rings is 1. The van der Waals surface area contributed by atoms with Gasteiger partial charge in [0.1, 0.15) is 0 Å². The van der Waals surface area contributed by atoms with Crippen LogP contribution >= 0.6 is 12.2 Å². The van der Waals surface area contributed by atoms with E-state index in [1.165, 1.54) is 24.4 Å². The van der Waals surface area contributed by atoms with Gasteiger partial charge >= 0.3 is 0 Å². The highest BCUT2D eigenvalue weighted by Gasteiger charge is 2.53. The van der Waals surface area contributed by atoms with Crippen LogP contribution in [-0.2, 0) is 0 Å². The van der Waals surface area contributed by atoms with Crippen LogP contribution in [0.5, 0.6) is 0 Å². The molecule has 2 unspecified atom stereocenters. The Kier molecular flexibility index (Phi) is 5.23. The Hall–Kier alpha value is -1.50. The van der Waals surface area contributed by atoms with Gasteiger partial charge in [-0.15, -0.1) is 0 Å². The molecular formula is C21H31N5S.